The van der Waals surface area contributed by atoms with Gasteiger partial charge in [-0.1, -0.05) is 18.2 Å². The van der Waals surface area contributed by atoms with Gasteiger partial charge in [-0.05, 0) is 36.0 Å². The van der Waals surface area contributed by atoms with E-state index in [1.807, 2.05) is 0 Å². The monoisotopic (exact) mass is 274 g/mol. The second-order valence-corrected chi connectivity index (χ2v) is 5.16. The molecule has 2 aromatic rings. The highest BCUT2D eigenvalue weighted by molar-refractivity contribution is 8.00. The quantitative estimate of drug-likeness (QED) is 0.853. The van der Waals surface area contributed by atoms with Gasteiger partial charge in [-0.2, -0.15) is 0 Å². The Hall–Kier alpha value is -1.98. The van der Waals surface area contributed by atoms with E-state index in [-0.39, 0.29) is 5.43 Å². The number of ether oxygens (including phenoxy) is 1. The zero-order valence-electron chi connectivity index (χ0n) is 9.78. The van der Waals surface area contributed by atoms with Crippen LogP contribution >= 0.6 is 11.8 Å². The molecule has 0 aliphatic carbocycles. The fourth-order valence-electron chi connectivity index (χ4n) is 1.73. The summed E-state index contributed by atoms with van der Waals surface area (Å²) in [6.07, 6.45) is 6.18. The van der Waals surface area contributed by atoms with Crippen molar-refractivity contribution >= 4 is 22.7 Å². The molecule has 0 fully saturated rings. The third-order valence-electron chi connectivity index (χ3n) is 2.59. The van der Waals surface area contributed by atoms with E-state index in [9.17, 15) is 9.90 Å². The third-order valence-corrected chi connectivity index (χ3v) is 3.52. The van der Waals surface area contributed by atoms with E-state index in [0.29, 0.717) is 16.1 Å². The molecule has 0 amide bonds. The Bertz CT molecular complexity index is 732. The lowest BCUT2D eigenvalue weighted by atomic mass is 10.2. The first-order valence-electron chi connectivity index (χ1n) is 5.63. The Morgan fingerprint density at radius 1 is 1.21 bits per heavy atom. The molecule has 1 aromatic carbocycles. The maximum atomic E-state index is 11.9. The Labute approximate surface area is 113 Å². The highest BCUT2D eigenvalue weighted by Gasteiger charge is 2.29. The van der Waals surface area contributed by atoms with E-state index in [1.54, 1.807) is 36.4 Å². The molecule has 0 radical (unpaired) electrons. The first-order chi connectivity index (χ1) is 9.16. The zero-order valence-corrected chi connectivity index (χ0v) is 10.6. The molecule has 1 atom stereocenters. The van der Waals surface area contributed by atoms with Crippen LogP contribution in [0.5, 0.6) is 0 Å². The average Bonchev–Trinajstić information content (AvgIpc) is 2.39. The van der Waals surface area contributed by atoms with E-state index >= 15 is 0 Å². The molecule has 1 aromatic heterocycles. The van der Waals surface area contributed by atoms with Crippen molar-refractivity contribution in [1.29, 1.82) is 0 Å². The van der Waals surface area contributed by atoms with Crippen molar-refractivity contribution in [3.8, 4) is 0 Å². The van der Waals surface area contributed by atoms with Gasteiger partial charge in [-0.15, -0.1) is 0 Å². The fourth-order valence-corrected chi connectivity index (χ4v) is 2.57. The van der Waals surface area contributed by atoms with Gasteiger partial charge in [0.15, 0.2) is 10.5 Å². The summed E-state index contributed by atoms with van der Waals surface area (Å²) >= 11 is 0.924. The highest BCUT2D eigenvalue weighted by atomic mass is 32.2. The smallest absolute Gasteiger partial charge is 0.285 e. The first kappa shape index (κ1) is 12.1. The number of fused-ring (bicyclic) bond motifs is 1. The first-order valence-corrected chi connectivity index (χ1v) is 6.44. The van der Waals surface area contributed by atoms with Gasteiger partial charge < -0.3 is 14.3 Å². The predicted molar refractivity (Wildman–Crippen MR) is 72.7 cm³/mol. The summed E-state index contributed by atoms with van der Waals surface area (Å²) in [4.78, 5) is 11.9. The third kappa shape index (κ3) is 2.43. The normalized spacial score (nSPS) is 21.5. The molecular weight excluding hydrogens is 264 g/mol. The summed E-state index contributed by atoms with van der Waals surface area (Å²) in [6, 6.07) is 8.32. The lowest BCUT2D eigenvalue weighted by Crippen LogP contribution is -2.24. The van der Waals surface area contributed by atoms with Crippen molar-refractivity contribution in [2.45, 2.75) is 10.2 Å². The maximum Gasteiger partial charge on any atom is 0.285 e. The molecule has 0 spiro atoms. The van der Waals surface area contributed by atoms with Crippen LogP contribution in [0, 0.1) is 0 Å². The molecule has 5 heteroatoms. The molecule has 4 nitrogen and oxygen atoms in total. The lowest BCUT2D eigenvalue weighted by molar-refractivity contribution is -0.0475. The van der Waals surface area contributed by atoms with Crippen LogP contribution in [0.4, 0.5) is 0 Å². The number of thioether (sulfide) groups is 1. The molecule has 1 aliphatic rings. The number of aliphatic hydroxyl groups is 1. The molecule has 1 aliphatic heterocycles. The van der Waals surface area contributed by atoms with Crippen molar-refractivity contribution < 1.29 is 14.3 Å². The molecule has 2 heterocycles. The Morgan fingerprint density at radius 2 is 2.05 bits per heavy atom. The molecule has 0 saturated heterocycles. The summed E-state index contributed by atoms with van der Waals surface area (Å²) in [7, 11) is 0. The molecular formula is C14H10O4S. The fraction of sp³-hybridized carbons (Fsp3) is 0.0714. The van der Waals surface area contributed by atoms with E-state index in [1.165, 1.54) is 18.4 Å². The van der Waals surface area contributed by atoms with Gasteiger partial charge >= 0.3 is 0 Å². The van der Waals surface area contributed by atoms with Crippen molar-refractivity contribution in [2.75, 3.05) is 0 Å². The largest absolute Gasteiger partial charge is 0.457 e. The van der Waals surface area contributed by atoms with Crippen molar-refractivity contribution in [3.63, 3.8) is 0 Å². The summed E-state index contributed by atoms with van der Waals surface area (Å²) in [6.45, 7) is 0. The van der Waals surface area contributed by atoms with Crippen LogP contribution in [0.2, 0.25) is 0 Å². The number of benzene rings is 1. The average molecular weight is 274 g/mol. The van der Waals surface area contributed by atoms with E-state index in [4.69, 9.17) is 9.15 Å². The van der Waals surface area contributed by atoms with Gasteiger partial charge in [0.25, 0.3) is 5.12 Å². The zero-order chi connectivity index (χ0) is 13.3. The summed E-state index contributed by atoms with van der Waals surface area (Å²) in [5.74, 6) is 0. The molecule has 0 saturated carbocycles. The molecule has 0 bridgehead atoms. The summed E-state index contributed by atoms with van der Waals surface area (Å²) < 4.78 is 10.7. The lowest BCUT2D eigenvalue weighted by Gasteiger charge is -2.23. The number of allylic oxidation sites excluding steroid dienone is 2. The Kier molecular flexibility index (Phi) is 2.93. The standard InChI is InChI=1S/C14H10O4S/c15-11-9-13(18-12-6-2-1-5-10(11)12)19-14(16)7-3-4-8-17-14/h1-9,16H. The van der Waals surface area contributed by atoms with Crippen LogP contribution in [-0.2, 0) is 4.74 Å². The Morgan fingerprint density at radius 3 is 2.84 bits per heavy atom. The minimum absolute atomic E-state index is 0.150. The molecule has 1 unspecified atom stereocenters. The molecule has 3 rings (SSSR count). The van der Waals surface area contributed by atoms with E-state index in [0.717, 1.165) is 11.8 Å². The van der Waals surface area contributed by atoms with Gasteiger partial charge in [-0.3, -0.25) is 4.79 Å². The molecule has 19 heavy (non-hydrogen) atoms. The predicted octanol–water partition coefficient (Wildman–Crippen LogP) is 2.63. The minimum atomic E-state index is -1.55. The topological polar surface area (TPSA) is 59.7 Å². The van der Waals surface area contributed by atoms with Crippen molar-refractivity contribution in [2.24, 2.45) is 0 Å². The van der Waals surface area contributed by atoms with Gasteiger partial charge in [0, 0.05) is 6.07 Å². The van der Waals surface area contributed by atoms with Gasteiger partial charge in [0.2, 0.25) is 0 Å². The van der Waals surface area contributed by atoms with Crippen LogP contribution in [-0.4, -0.2) is 10.2 Å². The van der Waals surface area contributed by atoms with Crippen LogP contribution in [0.25, 0.3) is 11.0 Å². The maximum absolute atomic E-state index is 11.9. The minimum Gasteiger partial charge on any atom is -0.457 e. The van der Waals surface area contributed by atoms with Gasteiger partial charge in [-0.25, -0.2) is 0 Å². The van der Waals surface area contributed by atoms with Crippen LogP contribution < -0.4 is 5.43 Å². The number of para-hydroxylation sites is 1. The molecule has 96 valence electrons. The number of hydrogen-bond acceptors (Lipinski definition) is 5. The van der Waals surface area contributed by atoms with Crippen molar-refractivity contribution in [1.82, 2.24) is 0 Å². The summed E-state index contributed by atoms with van der Waals surface area (Å²) in [5, 5.41) is 9.39. The SMILES string of the molecule is O=c1cc(SC2(O)C=CC=CO2)oc2ccccc12. The second-order valence-electron chi connectivity index (χ2n) is 3.96. The highest BCUT2D eigenvalue weighted by Crippen LogP contribution is 2.35. The van der Waals surface area contributed by atoms with Crippen molar-refractivity contribution in [3.05, 3.63) is 65.0 Å². The number of rotatable bonds is 2. The molecule has 1 N–H and O–H groups in total. The summed E-state index contributed by atoms with van der Waals surface area (Å²) in [5.41, 5.74) is 0.333. The van der Waals surface area contributed by atoms with Crippen LogP contribution in [0.15, 0.2) is 69.1 Å². The van der Waals surface area contributed by atoms with Gasteiger partial charge in [0.05, 0.1) is 11.6 Å². The van der Waals surface area contributed by atoms with Gasteiger partial charge in [0.1, 0.15) is 5.58 Å². The van der Waals surface area contributed by atoms with Crippen LogP contribution in [0.1, 0.15) is 0 Å². The van der Waals surface area contributed by atoms with Crippen LogP contribution in [0.3, 0.4) is 0 Å². The van der Waals surface area contributed by atoms with E-state index < -0.39 is 5.12 Å². The Balaban J connectivity index is 2.00. The number of hydrogen-bond donors (Lipinski definition) is 1. The second kappa shape index (κ2) is 4.60. The van der Waals surface area contributed by atoms with E-state index in [2.05, 4.69) is 0 Å².